The van der Waals surface area contributed by atoms with Gasteiger partial charge >= 0.3 is 0 Å². The molecule has 0 spiro atoms. The van der Waals surface area contributed by atoms with Crippen LogP contribution in [0.3, 0.4) is 0 Å². The van der Waals surface area contributed by atoms with Crippen molar-refractivity contribution in [2.24, 2.45) is 0 Å². The molecule has 0 fully saturated rings. The van der Waals surface area contributed by atoms with Crippen molar-refractivity contribution in [1.82, 2.24) is 0 Å². The number of hydrogen-bond donors (Lipinski definition) is 0. The highest BCUT2D eigenvalue weighted by molar-refractivity contribution is 6.25. The lowest BCUT2D eigenvalue weighted by Gasteiger charge is -2.12. The summed E-state index contributed by atoms with van der Waals surface area (Å²) in [6.45, 7) is 4.43. The fourth-order valence-corrected chi connectivity index (χ4v) is 3.65. The summed E-state index contributed by atoms with van der Waals surface area (Å²) in [7, 11) is 0. The molecule has 0 aromatic heterocycles. The molecule has 0 radical (unpaired) electrons. The van der Waals surface area contributed by atoms with Crippen LogP contribution in [0.5, 0.6) is 0 Å². The fraction of sp³-hybridized carbons (Fsp3) is 0.217. The third-order valence-corrected chi connectivity index (χ3v) is 4.88. The normalized spacial score (nSPS) is 11.6. The zero-order chi connectivity index (χ0) is 15.8. The monoisotopic (exact) mass is 298 g/mol. The summed E-state index contributed by atoms with van der Waals surface area (Å²) >= 11 is 0. The van der Waals surface area contributed by atoms with Gasteiger partial charge in [-0.05, 0) is 57.6 Å². The van der Waals surface area contributed by atoms with E-state index in [1.54, 1.807) is 0 Å². The quantitative estimate of drug-likeness (QED) is 0.365. The number of benzene rings is 4. The Morgan fingerprint density at radius 2 is 1.26 bits per heavy atom. The summed E-state index contributed by atoms with van der Waals surface area (Å²) in [6.07, 6.45) is 3.68. The lowest BCUT2D eigenvalue weighted by atomic mass is 9.92. The molecule has 0 amide bonds. The van der Waals surface area contributed by atoms with Gasteiger partial charge in [-0.3, -0.25) is 0 Å². The minimum Gasteiger partial charge on any atom is -0.0654 e. The van der Waals surface area contributed by atoms with E-state index in [4.69, 9.17) is 0 Å². The number of fused-ring (bicyclic) bond motifs is 6. The SMILES string of the molecule is CCCCc1ccc2c3ccc(C)cc3c3ccccc3c2c1. The highest BCUT2D eigenvalue weighted by atomic mass is 14.1. The molecule has 4 aromatic carbocycles. The predicted octanol–water partition coefficient (Wildman–Crippen LogP) is 6.80. The van der Waals surface area contributed by atoms with Crippen molar-refractivity contribution in [2.75, 3.05) is 0 Å². The van der Waals surface area contributed by atoms with Crippen molar-refractivity contribution in [3.63, 3.8) is 0 Å². The third kappa shape index (κ3) is 2.39. The molecule has 0 aliphatic heterocycles. The summed E-state index contributed by atoms with van der Waals surface area (Å²) in [6, 6.07) is 22.7. The molecule has 0 heteroatoms. The highest BCUT2D eigenvalue weighted by Gasteiger charge is 2.09. The van der Waals surface area contributed by atoms with Crippen LogP contribution in [0.4, 0.5) is 0 Å². The molecule has 0 nitrogen and oxygen atoms in total. The molecule has 0 aliphatic carbocycles. The first kappa shape index (κ1) is 14.3. The van der Waals surface area contributed by atoms with Gasteiger partial charge < -0.3 is 0 Å². The van der Waals surface area contributed by atoms with E-state index in [0.29, 0.717) is 0 Å². The van der Waals surface area contributed by atoms with Crippen molar-refractivity contribution < 1.29 is 0 Å². The van der Waals surface area contributed by atoms with Crippen molar-refractivity contribution in [3.05, 3.63) is 71.8 Å². The first-order valence-electron chi connectivity index (χ1n) is 8.61. The van der Waals surface area contributed by atoms with Crippen molar-refractivity contribution in [2.45, 2.75) is 33.1 Å². The molecule has 0 atom stereocenters. The van der Waals surface area contributed by atoms with Crippen LogP contribution < -0.4 is 0 Å². The Balaban J connectivity index is 2.13. The van der Waals surface area contributed by atoms with E-state index < -0.39 is 0 Å². The summed E-state index contributed by atoms with van der Waals surface area (Å²) in [5.74, 6) is 0. The highest BCUT2D eigenvalue weighted by Crippen LogP contribution is 2.35. The van der Waals surface area contributed by atoms with Crippen molar-refractivity contribution in [1.29, 1.82) is 0 Å². The van der Waals surface area contributed by atoms with Crippen LogP contribution in [0.25, 0.3) is 32.3 Å². The average molecular weight is 298 g/mol. The zero-order valence-electron chi connectivity index (χ0n) is 13.9. The first-order chi connectivity index (χ1) is 11.3. The minimum atomic E-state index is 1.17. The number of hydrogen-bond acceptors (Lipinski definition) is 0. The molecule has 0 saturated carbocycles. The Labute approximate surface area is 137 Å². The van der Waals surface area contributed by atoms with Crippen LogP contribution in [-0.4, -0.2) is 0 Å². The zero-order valence-corrected chi connectivity index (χ0v) is 13.9. The van der Waals surface area contributed by atoms with Gasteiger partial charge in [0.1, 0.15) is 0 Å². The van der Waals surface area contributed by atoms with Gasteiger partial charge in [-0.1, -0.05) is 79.6 Å². The fourth-order valence-electron chi connectivity index (χ4n) is 3.65. The van der Waals surface area contributed by atoms with E-state index in [-0.39, 0.29) is 0 Å². The van der Waals surface area contributed by atoms with E-state index in [1.807, 2.05) is 0 Å². The third-order valence-electron chi connectivity index (χ3n) is 4.88. The van der Waals surface area contributed by atoms with Crippen LogP contribution >= 0.6 is 0 Å². The lowest BCUT2D eigenvalue weighted by Crippen LogP contribution is -1.88. The molecule has 0 bridgehead atoms. The van der Waals surface area contributed by atoms with Crippen molar-refractivity contribution in [3.8, 4) is 0 Å². The molecule has 114 valence electrons. The van der Waals surface area contributed by atoms with Crippen LogP contribution in [-0.2, 0) is 6.42 Å². The predicted molar refractivity (Wildman–Crippen MR) is 102 cm³/mol. The minimum absolute atomic E-state index is 1.17. The average Bonchev–Trinajstić information content (AvgIpc) is 2.60. The van der Waals surface area contributed by atoms with Gasteiger partial charge in [0.05, 0.1) is 0 Å². The molecule has 0 saturated heterocycles. The van der Waals surface area contributed by atoms with Gasteiger partial charge in [0.25, 0.3) is 0 Å². The summed E-state index contributed by atoms with van der Waals surface area (Å²) < 4.78 is 0. The van der Waals surface area contributed by atoms with Gasteiger partial charge in [0, 0.05) is 0 Å². The Morgan fingerprint density at radius 3 is 1.96 bits per heavy atom. The molecule has 0 heterocycles. The summed E-state index contributed by atoms with van der Waals surface area (Å²) in [5, 5.41) is 8.25. The number of unbranched alkanes of at least 4 members (excludes halogenated alkanes) is 1. The maximum absolute atomic E-state index is 2.41. The van der Waals surface area contributed by atoms with Crippen LogP contribution in [0.15, 0.2) is 60.7 Å². The molecule has 0 N–H and O–H groups in total. The van der Waals surface area contributed by atoms with E-state index in [1.165, 1.54) is 62.7 Å². The number of rotatable bonds is 3. The van der Waals surface area contributed by atoms with Gasteiger partial charge in [0.2, 0.25) is 0 Å². The largest absolute Gasteiger partial charge is 0.0654 e. The van der Waals surface area contributed by atoms with E-state index in [0.717, 1.165) is 0 Å². The van der Waals surface area contributed by atoms with Crippen LogP contribution in [0, 0.1) is 6.92 Å². The Kier molecular flexibility index (Phi) is 3.53. The summed E-state index contributed by atoms with van der Waals surface area (Å²) in [5.41, 5.74) is 2.78. The van der Waals surface area contributed by atoms with E-state index >= 15 is 0 Å². The van der Waals surface area contributed by atoms with Gasteiger partial charge in [0.15, 0.2) is 0 Å². The molecular weight excluding hydrogens is 276 g/mol. The Bertz CT molecular complexity index is 988. The van der Waals surface area contributed by atoms with E-state index in [2.05, 4.69) is 74.5 Å². The van der Waals surface area contributed by atoms with E-state index in [9.17, 15) is 0 Å². The topological polar surface area (TPSA) is 0 Å². The van der Waals surface area contributed by atoms with Crippen molar-refractivity contribution >= 4 is 32.3 Å². The van der Waals surface area contributed by atoms with Crippen LogP contribution in [0.2, 0.25) is 0 Å². The Hall–Kier alpha value is -2.34. The van der Waals surface area contributed by atoms with Gasteiger partial charge in [-0.25, -0.2) is 0 Å². The molecule has 0 unspecified atom stereocenters. The smallest absolute Gasteiger partial charge is 0.00962 e. The standard InChI is InChI=1S/C23H22/c1-3-4-7-17-11-13-21-20-12-10-16(2)14-22(20)18-8-5-6-9-19(18)23(21)15-17/h5-6,8-15H,3-4,7H2,1-2H3. The summed E-state index contributed by atoms with van der Waals surface area (Å²) in [4.78, 5) is 0. The second-order valence-corrected chi connectivity index (χ2v) is 6.58. The molecular formula is C23H22. The van der Waals surface area contributed by atoms with Gasteiger partial charge in [-0.2, -0.15) is 0 Å². The molecule has 23 heavy (non-hydrogen) atoms. The maximum atomic E-state index is 2.41. The first-order valence-corrected chi connectivity index (χ1v) is 8.61. The second kappa shape index (κ2) is 5.70. The van der Waals surface area contributed by atoms with Gasteiger partial charge in [-0.15, -0.1) is 0 Å². The lowest BCUT2D eigenvalue weighted by molar-refractivity contribution is 0.796. The maximum Gasteiger partial charge on any atom is -0.00962 e. The number of aryl methyl sites for hydroxylation is 2. The molecule has 4 aromatic rings. The molecule has 0 aliphatic rings. The second-order valence-electron chi connectivity index (χ2n) is 6.58. The van der Waals surface area contributed by atoms with Crippen LogP contribution in [0.1, 0.15) is 30.9 Å². The molecule has 4 rings (SSSR count). The Morgan fingerprint density at radius 1 is 0.652 bits per heavy atom.